The van der Waals surface area contributed by atoms with Crippen LogP contribution in [-0.2, 0) is 32.7 Å². The monoisotopic (exact) mass is 1170 g/mol. The van der Waals surface area contributed by atoms with Crippen LogP contribution in [0.15, 0.2) is 60.8 Å². The number of ether oxygens (including phenoxy) is 2. The number of phosphoric ester groups is 1. The summed E-state index contributed by atoms with van der Waals surface area (Å²) in [7, 11) is 1.15. The van der Waals surface area contributed by atoms with Gasteiger partial charge >= 0.3 is 11.9 Å². The molecule has 0 bridgehead atoms. The average molecular weight is 1170 g/mol. The van der Waals surface area contributed by atoms with Gasteiger partial charge < -0.3 is 27.9 Å². The van der Waals surface area contributed by atoms with E-state index in [1.807, 2.05) is 21.1 Å². The molecular weight excluding hydrogens is 1040 g/mol. The van der Waals surface area contributed by atoms with Gasteiger partial charge in [0.1, 0.15) is 19.8 Å². The topological polar surface area (TPSA) is 111 Å². The average Bonchev–Trinajstić information content (AvgIpc) is 3.46. The Morgan fingerprint density at radius 2 is 0.695 bits per heavy atom. The number of quaternary nitrogens is 1. The Morgan fingerprint density at radius 3 is 1.04 bits per heavy atom. The number of nitrogens with zero attached hydrogens (tertiary/aromatic N) is 1. The maximum absolute atomic E-state index is 12.8. The van der Waals surface area contributed by atoms with Crippen LogP contribution in [0.5, 0.6) is 0 Å². The zero-order valence-corrected chi connectivity index (χ0v) is 55.6. The number of carbonyl (C=O) groups excluding carboxylic acids is 2. The Hall–Kier alpha value is -2.29. The molecule has 0 radical (unpaired) electrons. The minimum absolute atomic E-state index is 0.0386. The van der Waals surface area contributed by atoms with Crippen molar-refractivity contribution in [3.05, 3.63) is 60.8 Å². The number of likely N-dealkylation sites (N-methyl/N-ethyl adjacent to an activating group) is 1. The number of phosphoric acid groups is 1. The van der Waals surface area contributed by atoms with E-state index in [4.69, 9.17) is 18.5 Å². The van der Waals surface area contributed by atoms with E-state index >= 15 is 0 Å². The lowest BCUT2D eigenvalue weighted by Crippen LogP contribution is -2.37. The molecule has 480 valence electrons. The molecule has 82 heavy (non-hydrogen) atoms. The molecule has 2 atom stereocenters. The Kier molecular flexibility index (Phi) is 61.5. The van der Waals surface area contributed by atoms with E-state index in [9.17, 15) is 19.0 Å². The van der Waals surface area contributed by atoms with E-state index in [2.05, 4.69) is 74.6 Å². The van der Waals surface area contributed by atoms with Gasteiger partial charge in [-0.15, -0.1) is 0 Å². The first-order chi connectivity index (χ1) is 40.0. The quantitative estimate of drug-likeness (QED) is 0.0195. The molecule has 0 aromatic rings. The highest BCUT2D eigenvalue weighted by atomic mass is 31.2. The van der Waals surface area contributed by atoms with Crippen LogP contribution in [0.25, 0.3) is 0 Å². The summed E-state index contributed by atoms with van der Waals surface area (Å²) in [5.41, 5.74) is 0. The number of hydrogen-bond donors (Lipinski definition) is 0. The highest BCUT2D eigenvalue weighted by Crippen LogP contribution is 2.38. The maximum Gasteiger partial charge on any atom is 0.306 e. The first-order valence-electron chi connectivity index (χ1n) is 35.0. The standard InChI is InChI=1S/C72H134NO8P/c1-6-8-10-12-14-16-18-20-22-24-26-27-28-29-30-31-32-33-34-35-36-37-38-39-40-41-42-43-44-45-47-48-50-52-54-56-58-60-62-64-71(74)78-68-70(69-80-82(76,77)79-67-66-73(3,4)5)81-72(75)65-63-61-59-57-55-53-51-49-46-25-23-21-19-17-15-13-11-9-7-2/h9,11,15,17,21,23,46,49,53,55,70H,6-8,10,12-14,16,18-20,22,24-45,47-48,50-52,54,56-69H2,1-5H3/b11-9-,17-15-,23-21-,49-46-,55-53-. The molecule has 0 saturated carbocycles. The Balaban J connectivity index is 3.91. The van der Waals surface area contributed by atoms with Gasteiger partial charge in [0.25, 0.3) is 7.82 Å². The summed E-state index contributed by atoms with van der Waals surface area (Å²) in [6, 6.07) is 0. The Morgan fingerprint density at radius 1 is 0.390 bits per heavy atom. The molecule has 9 nitrogen and oxygen atoms in total. The maximum atomic E-state index is 12.8. The summed E-state index contributed by atoms with van der Waals surface area (Å²) in [6.45, 7) is 4.13. The van der Waals surface area contributed by atoms with E-state index in [1.54, 1.807) is 0 Å². The molecule has 0 N–H and O–H groups in total. The molecule has 0 aromatic carbocycles. The fraction of sp³-hybridized carbons (Fsp3) is 0.833. The number of rotatable bonds is 65. The van der Waals surface area contributed by atoms with E-state index in [0.717, 1.165) is 70.6 Å². The highest BCUT2D eigenvalue weighted by molar-refractivity contribution is 7.45. The summed E-state index contributed by atoms with van der Waals surface area (Å²) in [6.07, 6.45) is 83.4. The van der Waals surface area contributed by atoms with Gasteiger partial charge in [0, 0.05) is 12.8 Å². The van der Waals surface area contributed by atoms with Crippen molar-refractivity contribution < 1.29 is 42.1 Å². The molecular formula is C72H134NO8P. The lowest BCUT2D eigenvalue weighted by Gasteiger charge is -2.28. The minimum atomic E-state index is -4.65. The number of allylic oxidation sites excluding steroid dienone is 10. The van der Waals surface area contributed by atoms with E-state index in [0.29, 0.717) is 17.4 Å². The summed E-state index contributed by atoms with van der Waals surface area (Å²) in [5.74, 6) is -0.861. The van der Waals surface area contributed by atoms with Gasteiger partial charge in [-0.1, -0.05) is 325 Å². The van der Waals surface area contributed by atoms with Gasteiger partial charge in [0.15, 0.2) is 6.10 Å². The summed E-state index contributed by atoms with van der Waals surface area (Å²) >= 11 is 0. The largest absolute Gasteiger partial charge is 0.756 e. The van der Waals surface area contributed by atoms with Gasteiger partial charge in [0.05, 0.1) is 27.7 Å². The van der Waals surface area contributed by atoms with Gasteiger partial charge in [-0.25, -0.2) is 0 Å². The van der Waals surface area contributed by atoms with E-state index in [1.165, 1.54) is 231 Å². The van der Waals surface area contributed by atoms with Crippen molar-refractivity contribution >= 4 is 19.8 Å². The van der Waals surface area contributed by atoms with Gasteiger partial charge in [-0.05, 0) is 57.8 Å². The van der Waals surface area contributed by atoms with Crippen LogP contribution in [0.3, 0.4) is 0 Å². The third kappa shape index (κ3) is 66.8. The van der Waals surface area contributed by atoms with Gasteiger partial charge in [-0.2, -0.15) is 0 Å². The third-order valence-corrected chi connectivity index (χ3v) is 16.5. The summed E-state index contributed by atoms with van der Waals surface area (Å²) < 4.78 is 34.2. The number of carbonyl (C=O) groups is 2. The molecule has 0 aliphatic carbocycles. The number of unbranched alkanes of at least 4 members (excludes halogenated alkanes) is 41. The molecule has 10 heteroatoms. The first kappa shape index (κ1) is 79.7. The van der Waals surface area contributed by atoms with Crippen molar-refractivity contribution in [2.24, 2.45) is 0 Å². The lowest BCUT2D eigenvalue weighted by molar-refractivity contribution is -0.870. The van der Waals surface area contributed by atoms with Gasteiger partial charge in [0.2, 0.25) is 0 Å². The second kappa shape index (κ2) is 63.2. The Bertz CT molecular complexity index is 1570. The fourth-order valence-electron chi connectivity index (χ4n) is 10.2. The molecule has 0 saturated heterocycles. The van der Waals surface area contributed by atoms with Crippen molar-refractivity contribution in [1.82, 2.24) is 0 Å². The van der Waals surface area contributed by atoms with Crippen molar-refractivity contribution in [2.75, 3.05) is 47.5 Å². The molecule has 0 aliphatic heterocycles. The first-order valence-corrected chi connectivity index (χ1v) is 36.5. The lowest BCUT2D eigenvalue weighted by atomic mass is 10.0. The Labute approximate surface area is 508 Å². The predicted molar refractivity (Wildman–Crippen MR) is 351 cm³/mol. The van der Waals surface area contributed by atoms with E-state index in [-0.39, 0.29) is 32.0 Å². The highest BCUT2D eigenvalue weighted by Gasteiger charge is 2.22. The van der Waals surface area contributed by atoms with Crippen LogP contribution >= 0.6 is 7.82 Å². The van der Waals surface area contributed by atoms with Crippen molar-refractivity contribution in [1.29, 1.82) is 0 Å². The smallest absolute Gasteiger partial charge is 0.306 e. The van der Waals surface area contributed by atoms with Crippen molar-refractivity contribution in [3.8, 4) is 0 Å². The predicted octanol–water partition coefficient (Wildman–Crippen LogP) is 22.0. The molecule has 0 fully saturated rings. The van der Waals surface area contributed by atoms with Gasteiger partial charge in [-0.3, -0.25) is 14.2 Å². The van der Waals surface area contributed by atoms with Crippen LogP contribution in [-0.4, -0.2) is 70.0 Å². The number of esters is 2. The summed E-state index contributed by atoms with van der Waals surface area (Å²) in [5, 5.41) is 0. The van der Waals surface area contributed by atoms with Crippen LogP contribution in [0.1, 0.15) is 335 Å². The fourth-order valence-corrected chi connectivity index (χ4v) is 10.9. The van der Waals surface area contributed by atoms with Crippen molar-refractivity contribution in [2.45, 2.75) is 341 Å². The second-order valence-corrected chi connectivity index (χ2v) is 26.3. The van der Waals surface area contributed by atoms with Crippen molar-refractivity contribution in [3.63, 3.8) is 0 Å². The number of hydrogen-bond acceptors (Lipinski definition) is 8. The molecule has 0 amide bonds. The second-order valence-electron chi connectivity index (χ2n) is 24.9. The molecule has 0 rings (SSSR count). The molecule has 0 spiro atoms. The van der Waals surface area contributed by atoms with Crippen LogP contribution in [0.4, 0.5) is 0 Å². The molecule has 2 unspecified atom stereocenters. The van der Waals surface area contributed by atoms with Crippen LogP contribution in [0, 0.1) is 0 Å². The minimum Gasteiger partial charge on any atom is -0.756 e. The van der Waals surface area contributed by atoms with E-state index < -0.39 is 26.5 Å². The normalized spacial score (nSPS) is 13.5. The van der Waals surface area contributed by atoms with Crippen LogP contribution < -0.4 is 4.89 Å². The summed E-state index contributed by atoms with van der Waals surface area (Å²) in [4.78, 5) is 37.9. The zero-order valence-electron chi connectivity index (χ0n) is 54.7. The van der Waals surface area contributed by atoms with Crippen LogP contribution in [0.2, 0.25) is 0 Å². The molecule has 0 heterocycles. The molecule has 0 aromatic heterocycles. The SMILES string of the molecule is CC/C=C\C/C=C\C/C=C\C/C=C\C/C=C\CCCCCC(=O)OC(COC(=O)CCCCCCCCCCCCCCCCCCCCCCCCCCCCCCCCCCCCCCCCC)COP(=O)([O-])OCC[N+](C)(C)C. The zero-order chi connectivity index (χ0) is 59.8. The molecule has 0 aliphatic rings. The third-order valence-electron chi connectivity index (χ3n) is 15.6.